The minimum Gasteiger partial charge on any atom is -0.507 e. The molecule has 0 saturated heterocycles. The second-order valence-electron chi connectivity index (χ2n) is 4.25. The lowest BCUT2D eigenvalue weighted by molar-refractivity contribution is 0.477. The molecule has 0 atom stereocenters. The van der Waals surface area contributed by atoms with Gasteiger partial charge in [0.2, 0.25) is 0 Å². The molecule has 0 unspecified atom stereocenters. The van der Waals surface area contributed by atoms with E-state index in [0.29, 0.717) is 0 Å². The van der Waals surface area contributed by atoms with Crippen LogP contribution in [0, 0.1) is 0 Å². The number of aromatic nitrogens is 2. The van der Waals surface area contributed by atoms with Crippen LogP contribution >= 0.6 is 0 Å². The van der Waals surface area contributed by atoms with Gasteiger partial charge in [-0.15, -0.1) is 0 Å². The minimum absolute atomic E-state index is 0.277. The lowest BCUT2D eigenvalue weighted by Gasteiger charge is -1.98. The van der Waals surface area contributed by atoms with Gasteiger partial charge < -0.3 is 5.11 Å². The average Bonchev–Trinajstić information content (AvgIpc) is 2.79. The predicted octanol–water partition coefficient (Wildman–Crippen LogP) is 3.52. The standard InChI is InChI=1S/C14H18N2O/c1-2-3-4-7-11-10-13(16-15-11)12-8-5-6-9-14(12)17/h5-6,8-10,17H,2-4,7H2,1H3,(H,15,16). The van der Waals surface area contributed by atoms with Gasteiger partial charge in [-0.25, -0.2) is 0 Å². The van der Waals surface area contributed by atoms with E-state index in [4.69, 9.17) is 0 Å². The van der Waals surface area contributed by atoms with Gasteiger partial charge in [0.25, 0.3) is 0 Å². The Balaban J connectivity index is 2.10. The Labute approximate surface area is 102 Å². The van der Waals surface area contributed by atoms with E-state index in [1.807, 2.05) is 24.3 Å². The Morgan fingerprint density at radius 1 is 1.24 bits per heavy atom. The number of aromatic amines is 1. The molecule has 0 spiro atoms. The molecule has 1 aromatic carbocycles. The highest BCUT2D eigenvalue weighted by Crippen LogP contribution is 2.27. The number of aromatic hydroxyl groups is 1. The van der Waals surface area contributed by atoms with Crippen LogP contribution in [0.15, 0.2) is 30.3 Å². The van der Waals surface area contributed by atoms with Gasteiger partial charge in [-0.3, -0.25) is 5.10 Å². The van der Waals surface area contributed by atoms with Gasteiger partial charge in [-0.2, -0.15) is 5.10 Å². The van der Waals surface area contributed by atoms with Crippen molar-refractivity contribution in [2.45, 2.75) is 32.6 Å². The number of benzene rings is 1. The summed E-state index contributed by atoms with van der Waals surface area (Å²) < 4.78 is 0. The molecule has 1 heterocycles. The van der Waals surface area contributed by atoms with E-state index in [0.717, 1.165) is 23.4 Å². The number of phenolic OH excluding ortho intramolecular Hbond substituents is 1. The number of para-hydroxylation sites is 1. The molecule has 0 aliphatic rings. The first-order valence-electron chi connectivity index (χ1n) is 6.14. The Hall–Kier alpha value is -1.77. The number of nitrogens with zero attached hydrogens (tertiary/aromatic N) is 1. The highest BCUT2D eigenvalue weighted by atomic mass is 16.3. The molecule has 0 aliphatic carbocycles. The zero-order valence-electron chi connectivity index (χ0n) is 10.1. The van der Waals surface area contributed by atoms with Crippen molar-refractivity contribution in [1.82, 2.24) is 10.2 Å². The molecule has 90 valence electrons. The molecular formula is C14H18N2O. The van der Waals surface area contributed by atoms with Crippen molar-refractivity contribution in [1.29, 1.82) is 0 Å². The summed E-state index contributed by atoms with van der Waals surface area (Å²) in [6.45, 7) is 2.19. The molecule has 0 bridgehead atoms. The number of aryl methyl sites for hydroxylation is 1. The number of nitrogens with one attached hydrogen (secondary N) is 1. The van der Waals surface area contributed by atoms with Gasteiger partial charge >= 0.3 is 0 Å². The first-order valence-corrected chi connectivity index (χ1v) is 6.14. The van der Waals surface area contributed by atoms with Crippen molar-refractivity contribution in [3.8, 4) is 17.0 Å². The van der Waals surface area contributed by atoms with Crippen LogP contribution in [0.5, 0.6) is 5.75 Å². The maximum Gasteiger partial charge on any atom is 0.125 e. The van der Waals surface area contributed by atoms with Crippen LogP contribution in [0.4, 0.5) is 0 Å². The number of hydrogen-bond acceptors (Lipinski definition) is 2. The number of rotatable bonds is 5. The summed E-state index contributed by atoms with van der Waals surface area (Å²) in [4.78, 5) is 0. The largest absolute Gasteiger partial charge is 0.507 e. The summed E-state index contributed by atoms with van der Waals surface area (Å²) in [5.41, 5.74) is 2.73. The molecular weight excluding hydrogens is 212 g/mol. The minimum atomic E-state index is 0.277. The van der Waals surface area contributed by atoms with Crippen LogP contribution in [-0.4, -0.2) is 15.3 Å². The molecule has 3 nitrogen and oxygen atoms in total. The van der Waals surface area contributed by atoms with Gasteiger partial charge in [-0.05, 0) is 31.0 Å². The average molecular weight is 230 g/mol. The lowest BCUT2D eigenvalue weighted by atomic mass is 10.1. The maximum absolute atomic E-state index is 9.73. The van der Waals surface area contributed by atoms with Crippen molar-refractivity contribution >= 4 is 0 Å². The van der Waals surface area contributed by atoms with Gasteiger partial charge in [0.15, 0.2) is 0 Å². The van der Waals surface area contributed by atoms with Gasteiger partial charge in [0, 0.05) is 11.3 Å². The van der Waals surface area contributed by atoms with Gasteiger partial charge in [0.05, 0.1) is 5.69 Å². The molecule has 0 aliphatic heterocycles. The molecule has 3 heteroatoms. The molecule has 0 amide bonds. The Morgan fingerprint density at radius 2 is 2.06 bits per heavy atom. The third-order valence-electron chi connectivity index (χ3n) is 2.86. The smallest absolute Gasteiger partial charge is 0.125 e. The second-order valence-corrected chi connectivity index (χ2v) is 4.25. The van der Waals surface area contributed by atoms with E-state index in [9.17, 15) is 5.11 Å². The first-order chi connectivity index (χ1) is 8.31. The van der Waals surface area contributed by atoms with E-state index >= 15 is 0 Å². The third-order valence-corrected chi connectivity index (χ3v) is 2.86. The van der Waals surface area contributed by atoms with Crippen LogP contribution in [0.3, 0.4) is 0 Å². The summed E-state index contributed by atoms with van der Waals surface area (Å²) >= 11 is 0. The summed E-state index contributed by atoms with van der Waals surface area (Å²) in [5.74, 6) is 0.277. The summed E-state index contributed by atoms with van der Waals surface area (Å²) in [7, 11) is 0. The zero-order valence-corrected chi connectivity index (χ0v) is 10.1. The van der Waals surface area contributed by atoms with Gasteiger partial charge in [0.1, 0.15) is 5.75 Å². The number of hydrogen-bond donors (Lipinski definition) is 2. The Morgan fingerprint density at radius 3 is 2.82 bits per heavy atom. The van der Waals surface area contributed by atoms with Crippen LogP contribution in [0.1, 0.15) is 31.9 Å². The normalized spacial score (nSPS) is 10.6. The quantitative estimate of drug-likeness (QED) is 0.772. The summed E-state index contributed by atoms with van der Waals surface area (Å²) in [6.07, 6.45) is 4.67. The molecule has 2 N–H and O–H groups in total. The first kappa shape index (κ1) is 11.7. The molecule has 17 heavy (non-hydrogen) atoms. The Kier molecular flexibility index (Phi) is 3.81. The third kappa shape index (κ3) is 2.87. The Bertz CT molecular complexity index is 477. The molecule has 2 aromatic rings. The van der Waals surface area contributed by atoms with Crippen LogP contribution in [-0.2, 0) is 6.42 Å². The summed E-state index contributed by atoms with van der Waals surface area (Å²) in [5, 5.41) is 17.0. The second kappa shape index (κ2) is 5.53. The number of unbranched alkanes of at least 4 members (excludes halogenated alkanes) is 2. The van der Waals surface area contributed by atoms with E-state index in [1.54, 1.807) is 6.07 Å². The molecule has 1 aromatic heterocycles. The zero-order chi connectivity index (χ0) is 12.1. The van der Waals surface area contributed by atoms with Crippen molar-refractivity contribution in [2.24, 2.45) is 0 Å². The SMILES string of the molecule is CCCCCc1cc(-c2ccccc2O)n[nH]1. The van der Waals surface area contributed by atoms with Crippen molar-refractivity contribution in [2.75, 3.05) is 0 Å². The predicted molar refractivity (Wildman–Crippen MR) is 68.9 cm³/mol. The van der Waals surface area contributed by atoms with E-state index in [1.165, 1.54) is 19.3 Å². The van der Waals surface area contributed by atoms with E-state index in [-0.39, 0.29) is 5.75 Å². The fourth-order valence-corrected chi connectivity index (χ4v) is 1.88. The lowest BCUT2D eigenvalue weighted by Crippen LogP contribution is -1.84. The topological polar surface area (TPSA) is 48.9 Å². The molecule has 0 fully saturated rings. The van der Waals surface area contributed by atoms with E-state index in [2.05, 4.69) is 17.1 Å². The molecule has 0 saturated carbocycles. The van der Waals surface area contributed by atoms with E-state index < -0.39 is 0 Å². The van der Waals surface area contributed by atoms with Crippen LogP contribution < -0.4 is 0 Å². The number of H-pyrrole nitrogens is 1. The molecule has 2 rings (SSSR count). The van der Waals surface area contributed by atoms with Crippen molar-refractivity contribution in [3.63, 3.8) is 0 Å². The fraction of sp³-hybridized carbons (Fsp3) is 0.357. The molecule has 0 radical (unpaired) electrons. The highest BCUT2D eigenvalue weighted by Gasteiger charge is 2.07. The van der Waals surface area contributed by atoms with Gasteiger partial charge in [-0.1, -0.05) is 31.9 Å². The summed E-state index contributed by atoms with van der Waals surface area (Å²) in [6, 6.07) is 9.29. The van der Waals surface area contributed by atoms with Crippen molar-refractivity contribution in [3.05, 3.63) is 36.0 Å². The highest BCUT2D eigenvalue weighted by molar-refractivity contribution is 5.66. The van der Waals surface area contributed by atoms with Crippen molar-refractivity contribution < 1.29 is 5.11 Å². The maximum atomic E-state index is 9.73. The monoisotopic (exact) mass is 230 g/mol. The number of phenols is 1. The van der Waals surface area contributed by atoms with Crippen LogP contribution in [0.25, 0.3) is 11.3 Å². The van der Waals surface area contributed by atoms with Crippen LogP contribution in [0.2, 0.25) is 0 Å². The fourth-order valence-electron chi connectivity index (χ4n) is 1.88.